The maximum Gasteiger partial charge on any atom is 0.232 e. The number of rotatable bonds is 5. The molecule has 6 nitrogen and oxygen atoms in total. The van der Waals surface area contributed by atoms with E-state index >= 15 is 0 Å². The number of amides is 1. The van der Waals surface area contributed by atoms with Crippen LogP contribution >= 0.6 is 12.2 Å². The Morgan fingerprint density at radius 3 is 2.71 bits per heavy atom. The molecule has 1 aromatic rings. The summed E-state index contributed by atoms with van der Waals surface area (Å²) in [6.45, 7) is 5.50. The van der Waals surface area contributed by atoms with Crippen LogP contribution in [-0.2, 0) is 11.2 Å². The Bertz CT molecular complexity index is 428. The molecule has 0 saturated carbocycles. The van der Waals surface area contributed by atoms with Crippen LogP contribution in [-0.4, -0.2) is 27.6 Å². The van der Waals surface area contributed by atoms with Gasteiger partial charge in [0.15, 0.2) is 5.82 Å². The minimum Gasteiger partial charge on any atom is -0.392 e. The van der Waals surface area contributed by atoms with Crippen LogP contribution in [0, 0.1) is 12.3 Å². The predicted molar refractivity (Wildman–Crippen MR) is 66.3 cm³/mol. The van der Waals surface area contributed by atoms with Crippen molar-refractivity contribution in [1.29, 1.82) is 0 Å². The minimum absolute atomic E-state index is 0.172. The van der Waals surface area contributed by atoms with Gasteiger partial charge in [0.2, 0.25) is 11.8 Å². The SMILES string of the molecule is Cc1nc(CCNC(=O)C(C)(C)C(N)=S)no1. The molecule has 1 amide bonds. The molecule has 0 spiro atoms. The number of aryl methyl sites for hydroxylation is 1. The van der Waals surface area contributed by atoms with Crippen LogP contribution < -0.4 is 11.1 Å². The molecule has 0 unspecified atom stereocenters. The number of carbonyl (C=O) groups excluding carboxylic acids is 1. The van der Waals surface area contributed by atoms with Crippen LogP contribution in [0.15, 0.2) is 4.52 Å². The molecule has 0 aliphatic heterocycles. The number of aromatic nitrogens is 2. The van der Waals surface area contributed by atoms with Crippen molar-refractivity contribution in [3.8, 4) is 0 Å². The molecule has 1 aromatic heterocycles. The second-order valence-electron chi connectivity index (χ2n) is 4.22. The lowest BCUT2D eigenvalue weighted by atomic mass is 9.92. The molecule has 0 atom stereocenters. The lowest BCUT2D eigenvalue weighted by Gasteiger charge is -2.21. The van der Waals surface area contributed by atoms with Gasteiger partial charge in [-0.3, -0.25) is 4.79 Å². The smallest absolute Gasteiger partial charge is 0.232 e. The van der Waals surface area contributed by atoms with E-state index in [0.717, 1.165) is 0 Å². The summed E-state index contributed by atoms with van der Waals surface area (Å²) in [6, 6.07) is 0. The van der Waals surface area contributed by atoms with Crippen LogP contribution in [0.3, 0.4) is 0 Å². The molecule has 0 aromatic carbocycles. The third-order valence-corrected chi connectivity index (χ3v) is 2.90. The average Bonchev–Trinajstić information content (AvgIpc) is 2.63. The van der Waals surface area contributed by atoms with Crippen LogP contribution in [0.1, 0.15) is 25.6 Å². The van der Waals surface area contributed by atoms with Crippen molar-refractivity contribution in [3.05, 3.63) is 11.7 Å². The number of hydrogen-bond donors (Lipinski definition) is 2. The van der Waals surface area contributed by atoms with E-state index in [0.29, 0.717) is 24.7 Å². The normalized spacial score (nSPS) is 11.2. The molecular weight excluding hydrogens is 240 g/mol. The molecule has 0 bridgehead atoms. The van der Waals surface area contributed by atoms with E-state index in [2.05, 4.69) is 15.5 Å². The minimum atomic E-state index is -0.845. The van der Waals surface area contributed by atoms with E-state index in [-0.39, 0.29) is 10.9 Å². The Kier molecular flexibility index (Phi) is 4.17. The second kappa shape index (κ2) is 5.22. The zero-order chi connectivity index (χ0) is 13.1. The van der Waals surface area contributed by atoms with Gasteiger partial charge in [0, 0.05) is 19.9 Å². The highest BCUT2D eigenvalue weighted by atomic mass is 32.1. The molecule has 94 valence electrons. The number of carbonyl (C=O) groups is 1. The van der Waals surface area contributed by atoms with Gasteiger partial charge in [-0.2, -0.15) is 4.98 Å². The lowest BCUT2D eigenvalue weighted by Crippen LogP contribution is -2.45. The summed E-state index contributed by atoms with van der Waals surface area (Å²) in [5, 5.41) is 6.46. The fraction of sp³-hybridized carbons (Fsp3) is 0.600. The van der Waals surface area contributed by atoms with Crippen molar-refractivity contribution in [3.63, 3.8) is 0 Å². The number of nitrogens with zero attached hydrogens (tertiary/aromatic N) is 2. The highest BCUT2D eigenvalue weighted by Crippen LogP contribution is 2.15. The first-order valence-electron chi connectivity index (χ1n) is 5.21. The standard InChI is InChI=1S/C10H16N4O2S/c1-6-13-7(14-16-6)4-5-12-9(15)10(2,3)8(11)17/h4-5H2,1-3H3,(H2,11,17)(H,12,15). The van der Waals surface area contributed by atoms with Gasteiger partial charge in [-0.05, 0) is 13.8 Å². The summed E-state index contributed by atoms with van der Waals surface area (Å²) >= 11 is 4.83. The molecule has 17 heavy (non-hydrogen) atoms. The monoisotopic (exact) mass is 256 g/mol. The molecule has 0 radical (unpaired) electrons. The van der Waals surface area contributed by atoms with Gasteiger partial charge >= 0.3 is 0 Å². The molecule has 0 fully saturated rings. The third-order valence-electron chi connectivity index (χ3n) is 2.39. The maximum atomic E-state index is 11.8. The summed E-state index contributed by atoms with van der Waals surface area (Å²) in [6.07, 6.45) is 0.510. The van der Waals surface area contributed by atoms with Crippen molar-refractivity contribution in [2.75, 3.05) is 6.54 Å². The van der Waals surface area contributed by atoms with Gasteiger partial charge in [-0.15, -0.1) is 0 Å². The Morgan fingerprint density at radius 1 is 1.59 bits per heavy atom. The van der Waals surface area contributed by atoms with E-state index in [9.17, 15) is 4.79 Å². The first-order valence-corrected chi connectivity index (χ1v) is 5.62. The lowest BCUT2D eigenvalue weighted by molar-refractivity contribution is -0.126. The molecule has 0 aliphatic carbocycles. The van der Waals surface area contributed by atoms with E-state index in [1.807, 2.05) is 0 Å². The first kappa shape index (κ1) is 13.6. The quantitative estimate of drug-likeness (QED) is 0.738. The van der Waals surface area contributed by atoms with E-state index in [1.54, 1.807) is 20.8 Å². The van der Waals surface area contributed by atoms with Crippen LogP contribution in [0.25, 0.3) is 0 Å². The molecule has 1 rings (SSSR count). The highest BCUT2D eigenvalue weighted by Gasteiger charge is 2.30. The fourth-order valence-corrected chi connectivity index (χ4v) is 1.16. The summed E-state index contributed by atoms with van der Waals surface area (Å²) in [4.78, 5) is 16.0. The number of nitrogens with one attached hydrogen (secondary N) is 1. The Hall–Kier alpha value is -1.50. The molecule has 3 N–H and O–H groups in total. The van der Waals surface area contributed by atoms with Gasteiger partial charge in [0.1, 0.15) is 0 Å². The average molecular weight is 256 g/mol. The molecule has 1 heterocycles. The first-order chi connectivity index (χ1) is 7.84. The van der Waals surface area contributed by atoms with Crippen molar-refractivity contribution in [2.24, 2.45) is 11.1 Å². The molecule has 0 aliphatic rings. The van der Waals surface area contributed by atoms with Crippen molar-refractivity contribution >= 4 is 23.1 Å². The summed E-state index contributed by atoms with van der Waals surface area (Å²) < 4.78 is 4.81. The van der Waals surface area contributed by atoms with Crippen molar-refractivity contribution in [2.45, 2.75) is 27.2 Å². The van der Waals surface area contributed by atoms with Gasteiger partial charge in [-0.1, -0.05) is 17.4 Å². The largest absolute Gasteiger partial charge is 0.392 e. The Balaban J connectivity index is 2.42. The van der Waals surface area contributed by atoms with E-state index < -0.39 is 5.41 Å². The fourth-order valence-electron chi connectivity index (χ4n) is 1.06. The van der Waals surface area contributed by atoms with Crippen LogP contribution in [0.4, 0.5) is 0 Å². The second-order valence-corrected chi connectivity index (χ2v) is 4.66. The zero-order valence-corrected chi connectivity index (χ0v) is 10.9. The molecular formula is C10H16N4O2S. The van der Waals surface area contributed by atoms with Gasteiger partial charge < -0.3 is 15.6 Å². The summed E-state index contributed by atoms with van der Waals surface area (Å²) in [5.41, 5.74) is 4.64. The van der Waals surface area contributed by atoms with Gasteiger partial charge in [0.05, 0.1) is 10.4 Å². The summed E-state index contributed by atoms with van der Waals surface area (Å²) in [7, 11) is 0. The Morgan fingerprint density at radius 2 is 2.24 bits per heavy atom. The highest BCUT2D eigenvalue weighted by molar-refractivity contribution is 7.80. The van der Waals surface area contributed by atoms with Crippen LogP contribution in [0.2, 0.25) is 0 Å². The van der Waals surface area contributed by atoms with E-state index in [1.165, 1.54) is 0 Å². The zero-order valence-electron chi connectivity index (χ0n) is 10.1. The summed E-state index contributed by atoms with van der Waals surface area (Å²) in [5.74, 6) is 0.871. The van der Waals surface area contributed by atoms with Crippen molar-refractivity contribution < 1.29 is 9.32 Å². The molecule has 7 heteroatoms. The van der Waals surface area contributed by atoms with Crippen LogP contribution in [0.5, 0.6) is 0 Å². The third kappa shape index (κ3) is 3.48. The number of nitrogens with two attached hydrogens (primary N) is 1. The topological polar surface area (TPSA) is 94.0 Å². The van der Waals surface area contributed by atoms with Crippen molar-refractivity contribution in [1.82, 2.24) is 15.5 Å². The number of hydrogen-bond acceptors (Lipinski definition) is 5. The van der Waals surface area contributed by atoms with E-state index in [4.69, 9.17) is 22.5 Å². The Labute approximate surface area is 105 Å². The predicted octanol–water partition coefficient (Wildman–Crippen LogP) is 0.349. The molecule has 0 saturated heterocycles. The van der Waals surface area contributed by atoms with Gasteiger partial charge in [-0.25, -0.2) is 0 Å². The number of thiocarbonyl (C=S) groups is 1. The maximum absolute atomic E-state index is 11.8. The van der Waals surface area contributed by atoms with Gasteiger partial charge in [0.25, 0.3) is 0 Å².